The largest absolute Gasteiger partial charge is 0.494 e. The van der Waals surface area contributed by atoms with Gasteiger partial charge in [-0.3, -0.25) is 0 Å². The van der Waals surface area contributed by atoms with Gasteiger partial charge in [-0.1, -0.05) is 6.07 Å². The van der Waals surface area contributed by atoms with Gasteiger partial charge >= 0.3 is 0 Å². The van der Waals surface area contributed by atoms with Crippen LogP contribution in [-0.2, 0) is 12.8 Å². The zero-order chi connectivity index (χ0) is 12.8. The van der Waals surface area contributed by atoms with Crippen molar-refractivity contribution in [3.8, 4) is 5.75 Å². The fourth-order valence-electron chi connectivity index (χ4n) is 2.52. The van der Waals surface area contributed by atoms with E-state index in [1.54, 1.807) is 0 Å². The molecule has 1 atom stereocenters. The second kappa shape index (κ2) is 6.79. The molecule has 0 aliphatic heterocycles. The van der Waals surface area contributed by atoms with Crippen LogP contribution in [0.3, 0.4) is 0 Å². The standard InChI is InChI=1S/C16H25NO/c1-13(17-2)6-5-11-18-16-10-9-14-7-3-4-8-15(14)12-16/h9-10,12-13,17H,3-8,11H2,1-2H3. The van der Waals surface area contributed by atoms with E-state index >= 15 is 0 Å². The molecule has 1 aromatic rings. The number of rotatable bonds is 6. The topological polar surface area (TPSA) is 21.3 Å². The maximum absolute atomic E-state index is 5.84. The Balaban J connectivity index is 1.79. The monoisotopic (exact) mass is 247 g/mol. The van der Waals surface area contributed by atoms with Gasteiger partial charge in [0.1, 0.15) is 5.75 Å². The lowest BCUT2D eigenvalue weighted by Crippen LogP contribution is -2.21. The summed E-state index contributed by atoms with van der Waals surface area (Å²) in [5.74, 6) is 1.05. The molecule has 1 aliphatic carbocycles. The summed E-state index contributed by atoms with van der Waals surface area (Å²) in [5.41, 5.74) is 3.03. The number of hydrogen-bond acceptors (Lipinski definition) is 2. The van der Waals surface area contributed by atoms with Gasteiger partial charge in [-0.15, -0.1) is 0 Å². The first kappa shape index (κ1) is 13.4. The molecule has 18 heavy (non-hydrogen) atoms. The minimum absolute atomic E-state index is 0.581. The molecule has 2 heteroatoms. The first-order valence-corrected chi connectivity index (χ1v) is 7.21. The summed E-state index contributed by atoms with van der Waals surface area (Å²) < 4.78 is 5.84. The van der Waals surface area contributed by atoms with Crippen LogP contribution in [0.5, 0.6) is 5.75 Å². The molecule has 2 rings (SSSR count). The fraction of sp³-hybridized carbons (Fsp3) is 0.625. The van der Waals surface area contributed by atoms with Crippen molar-refractivity contribution >= 4 is 0 Å². The summed E-state index contributed by atoms with van der Waals surface area (Å²) in [5, 5.41) is 3.25. The fourth-order valence-corrected chi connectivity index (χ4v) is 2.52. The Bertz CT molecular complexity index is 375. The first-order valence-electron chi connectivity index (χ1n) is 7.21. The van der Waals surface area contributed by atoms with E-state index in [2.05, 4.69) is 30.4 Å². The van der Waals surface area contributed by atoms with E-state index in [1.165, 1.54) is 43.2 Å². The molecule has 2 nitrogen and oxygen atoms in total. The Morgan fingerprint density at radius 1 is 1.22 bits per heavy atom. The third kappa shape index (κ3) is 3.74. The Hall–Kier alpha value is -1.02. The van der Waals surface area contributed by atoms with Crippen LogP contribution in [0.4, 0.5) is 0 Å². The minimum Gasteiger partial charge on any atom is -0.494 e. The van der Waals surface area contributed by atoms with Crippen LogP contribution in [0.2, 0.25) is 0 Å². The Labute approximate surface area is 111 Å². The van der Waals surface area contributed by atoms with Gasteiger partial charge in [-0.2, -0.15) is 0 Å². The van der Waals surface area contributed by atoms with Crippen molar-refractivity contribution in [2.24, 2.45) is 0 Å². The average Bonchev–Trinajstić information content (AvgIpc) is 2.43. The number of ether oxygens (including phenoxy) is 1. The summed E-state index contributed by atoms with van der Waals surface area (Å²) in [4.78, 5) is 0. The molecule has 1 aromatic carbocycles. The van der Waals surface area contributed by atoms with Gasteiger partial charge in [0.05, 0.1) is 6.61 Å². The normalized spacial score (nSPS) is 16.1. The van der Waals surface area contributed by atoms with Gasteiger partial charge in [-0.05, 0) is 75.8 Å². The molecule has 0 heterocycles. The smallest absolute Gasteiger partial charge is 0.119 e. The highest BCUT2D eigenvalue weighted by molar-refractivity contribution is 5.37. The summed E-state index contributed by atoms with van der Waals surface area (Å²) in [6.07, 6.45) is 7.42. The lowest BCUT2D eigenvalue weighted by molar-refractivity contribution is 0.299. The predicted octanol–water partition coefficient (Wildman–Crippen LogP) is 3.33. The summed E-state index contributed by atoms with van der Waals surface area (Å²) >= 11 is 0. The molecular formula is C16H25NO. The van der Waals surface area contributed by atoms with E-state index in [4.69, 9.17) is 4.74 Å². The quantitative estimate of drug-likeness (QED) is 0.779. The van der Waals surface area contributed by atoms with Crippen LogP contribution in [0, 0.1) is 0 Å². The van der Waals surface area contributed by atoms with Gasteiger partial charge < -0.3 is 10.1 Å². The highest BCUT2D eigenvalue weighted by Gasteiger charge is 2.09. The lowest BCUT2D eigenvalue weighted by Gasteiger charge is -2.17. The van der Waals surface area contributed by atoms with E-state index in [-0.39, 0.29) is 0 Å². The molecule has 0 radical (unpaired) electrons. The van der Waals surface area contributed by atoms with Gasteiger partial charge in [0.25, 0.3) is 0 Å². The molecule has 1 N–H and O–H groups in total. The van der Waals surface area contributed by atoms with E-state index in [1.807, 2.05) is 7.05 Å². The van der Waals surface area contributed by atoms with E-state index in [0.717, 1.165) is 18.8 Å². The number of benzene rings is 1. The van der Waals surface area contributed by atoms with Gasteiger partial charge in [0, 0.05) is 6.04 Å². The highest BCUT2D eigenvalue weighted by atomic mass is 16.5. The molecule has 0 bridgehead atoms. The Morgan fingerprint density at radius 3 is 2.78 bits per heavy atom. The summed E-state index contributed by atoms with van der Waals surface area (Å²) in [6.45, 7) is 3.03. The number of fused-ring (bicyclic) bond motifs is 1. The zero-order valence-corrected chi connectivity index (χ0v) is 11.7. The van der Waals surface area contributed by atoms with Crippen LogP contribution < -0.4 is 10.1 Å². The van der Waals surface area contributed by atoms with E-state index in [9.17, 15) is 0 Å². The van der Waals surface area contributed by atoms with Gasteiger partial charge in [-0.25, -0.2) is 0 Å². The van der Waals surface area contributed by atoms with Crippen molar-refractivity contribution < 1.29 is 4.74 Å². The maximum Gasteiger partial charge on any atom is 0.119 e. The van der Waals surface area contributed by atoms with Crippen LogP contribution in [0.15, 0.2) is 18.2 Å². The molecule has 0 aromatic heterocycles. The van der Waals surface area contributed by atoms with Gasteiger partial charge in [0.15, 0.2) is 0 Å². The van der Waals surface area contributed by atoms with E-state index < -0.39 is 0 Å². The number of nitrogens with one attached hydrogen (secondary N) is 1. The molecule has 0 spiro atoms. The first-order chi connectivity index (χ1) is 8.79. The SMILES string of the molecule is CNC(C)CCCOc1ccc2c(c1)CCCC2. The molecule has 1 unspecified atom stereocenters. The van der Waals surface area contributed by atoms with Crippen molar-refractivity contribution in [3.05, 3.63) is 29.3 Å². The molecular weight excluding hydrogens is 222 g/mol. The highest BCUT2D eigenvalue weighted by Crippen LogP contribution is 2.25. The third-order valence-corrected chi connectivity index (χ3v) is 3.86. The summed E-state index contributed by atoms with van der Waals surface area (Å²) in [7, 11) is 2.01. The van der Waals surface area contributed by atoms with Crippen LogP contribution >= 0.6 is 0 Å². The van der Waals surface area contributed by atoms with Crippen molar-refractivity contribution in [2.75, 3.05) is 13.7 Å². The zero-order valence-electron chi connectivity index (χ0n) is 11.7. The Kier molecular flexibility index (Phi) is 5.06. The third-order valence-electron chi connectivity index (χ3n) is 3.86. The molecule has 100 valence electrons. The Morgan fingerprint density at radius 2 is 2.00 bits per heavy atom. The van der Waals surface area contributed by atoms with Crippen LogP contribution in [0.1, 0.15) is 43.7 Å². The van der Waals surface area contributed by atoms with Crippen LogP contribution in [0.25, 0.3) is 0 Å². The number of aryl methyl sites for hydroxylation is 2. The number of hydrogen-bond donors (Lipinski definition) is 1. The average molecular weight is 247 g/mol. The van der Waals surface area contributed by atoms with Crippen molar-refractivity contribution in [1.82, 2.24) is 5.32 Å². The maximum atomic E-state index is 5.84. The summed E-state index contributed by atoms with van der Waals surface area (Å²) in [6, 6.07) is 7.21. The molecule has 0 saturated heterocycles. The van der Waals surface area contributed by atoms with E-state index in [0.29, 0.717) is 6.04 Å². The van der Waals surface area contributed by atoms with Crippen molar-refractivity contribution in [1.29, 1.82) is 0 Å². The second-order valence-electron chi connectivity index (χ2n) is 5.32. The molecule has 0 fully saturated rings. The van der Waals surface area contributed by atoms with Crippen molar-refractivity contribution in [3.63, 3.8) is 0 Å². The predicted molar refractivity (Wildman–Crippen MR) is 76.3 cm³/mol. The molecule has 0 saturated carbocycles. The lowest BCUT2D eigenvalue weighted by atomic mass is 9.92. The van der Waals surface area contributed by atoms with Gasteiger partial charge in [0.2, 0.25) is 0 Å². The van der Waals surface area contributed by atoms with Crippen molar-refractivity contribution in [2.45, 2.75) is 51.5 Å². The second-order valence-corrected chi connectivity index (χ2v) is 5.32. The van der Waals surface area contributed by atoms with Crippen LogP contribution in [-0.4, -0.2) is 19.7 Å². The molecule has 0 amide bonds. The minimum atomic E-state index is 0.581. The molecule has 1 aliphatic rings.